The van der Waals surface area contributed by atoms with Crippen LogP contribution in [0.2, 0.25) is 0 Å². The van der Waals surface area contributed by atoms with Crippen molar-refractivity contribution in [3.8, 4) is 23.0 Å². The monoisotopic (exact) mass is 328 g/mol. The van der Waals surface area contributed by atoms with Crippen LogP contribution < -0.4 is 4.74 Å². The first-order chi connectivity index (χ1) is 11.5. The van der Waals surface area contributed by atoms with Crippen LogP contribution in [0, 0.1) is 0 Å². The summed E-state index contributed by atoms with van der Waals surface area (Å²) in [6.07, 6.45) is 1.82. The fraction of sp³-hybridized carbons (Fsp3) is 0.368. The van der Waals surface area contributed by atoms with Crippen LogP contribution in [0.15, 0.2) is 18.2 Å². The number of phenols is 3. The van der Waals surface area contributed by atoms with Gasteiger partial charge in [-0.3, -0.25) is 0 Å². The van der Waals surface area contributed by atoms with E-state index in [0.29, 0.717) is 30.6 Å². The predicted octanol–water partition coefficient (Wildman–Crippen LogP) is 2.50. The van der Waals surface area contributed by atoms with Crippen molar-refractivity contribution < 1.29 is 25.2 Å². The van der Waals surface area contributed by atoms with Gasteiger partial charge >= 0.3 is 0 Å². The molecule has 126 valence electrons. The molecule has 0 spiro atoms. The molecule has 0 amide bonds. The number of hydrogen-bond acceptors (Lipinski definition) is 5. The van der Waals surface area contributed by atoms with E-state index in [1.165, 1.54) is 6.07 Å². The average molecular weight is 328 g/mol. The second-order valence-electron chi connectivity index (χ2n) is 6.54. The minimum atomic E-state index is -0.221. The molecule has 1 aliphatic carbocycles. The van der Waals surface area contributed by atoms with Crippen LogP contribution in [0.1, 0.15) is 40.7 Å². The topological polar surface area (TPSA) is 90.2 Å². The molecule has 0 saturated heterocycles. The lowest BCUT2D eigenvalue weighted by Crippen LogP contribution is -2.28. The fourth-order valence-electron chi connectivity index (χ4n) is 4.12. The standard InChI is InChI=1S/C19H20O5/c1-2-9-5-11-7-15-12(16(11)13(8-20)17(9)22)6-10-3-4-14(21)18(23)19(10)24-15/h3-5,12,15,20-23H,2,6-8H2,1H3. The van der Waals surface area contributed by atoms with Gasteiger partial charge in [-0.15, -0.1) is 0 Å². The molecule has 2 aromatic carbocycles. The SMILES string of the molecule is CCc1cc2c(c(CO)c1O)C1Cc3ccc(O)c(O)c3OC1C2. The van der Waals surface area contributed by atoms with E-state index in [1.54, 1.807) is 6.07 Å². The number of aliphatic hydroxyl groups excluding tert-OH is 1. The molecule has 5 nitrogen and oxygen atoms in total. The zero-order valence-electron chi connectivity index (χ0n) is 13.4. The summed E-state index contributed by atoms with van der Waals surface area (Å²) in [5, 5.41) is 40.0. The van der Waals surface area contributed by atoms with E-state index in [2.05, 4.69) is 0 Å². The van der Waals surface area contributed by atoms with Crippen molar-refractivity contribution in [3.63, 3.8) is 0 Å². The molecule has 4 N–H and O–H groups in total. The smallest absolute Gasteiger partial charge is 0.200 e. The summed E-state index contributed by atoms with van der Waals surface area (Å²) < 4.78 is 5.99. The van der Waals surface area contributed by atoms with Gasteiger partial charge in [-0.25, -0.2) is 0 Å². The van der Waals surface area contributed by atoms with Crippen molar-refractivity contribution in [2.45, 2.75) is 44.8 Å². The lowest BCUT2D eigenvalue weighted by molar-refractivity contribution is 0.154. The third kappa shape index (κ3) is 1.97. The van der Waals surface area contributed by atoms with Crippen LogP contribution in [0.25, 0.3) is 0 Å². The summed E-state index contributed by atoms with van der Waals surface area (Å²) in [6.45, 7) is 1.76. The molecule has 0 aromatic heterocycles. The molecular formula is C19H20O5. The van der Waals surface area contributed by atoms with Gasteiger partial charge in [0.25, 0.3) is 0 Å². The molecule has 2 aliphatic rings. The molecule has 0 bridgehead atoms. The molecule has 1 aliphatic heterocycles. The van der Waals surface area contributed by atoms with E-state index in [1.807, 2.05) is 13.0 Å². The molecule has 0 fully saturated rings. The van der Waals surface area contributed by atoms with Gasteiger partial charge < -0.3 is 25.2 Å². The number of phenolic OH excluding ortho intramolecular Hbond substituents is 2. The molecule has 4 rings (SSSR count). The van der Waals surface area contributed by atoms with Gasteiger partial charge in [0.15, 0.2) is 11.5 Å². The maximum atomic E-state index is 10.4. The highest BCUT2D eigenvalue weighted by atomic mass is 16.5. The molecule has 2 unspecified atom stereocenters. The van der Waals surface area contributed by atoms with Crippen LogP contribution in [0.3, 0.4) is 0 Å². The first-order valence-corrected chi connectivity index (χ1v) is 8.22. The molecule has 2 atom stereocenters. The van der Waals surface area contributed by atoms with E-state index >= 15 is 0 Å². The maximum absolute atomic E-state index is 10.4. The number of benzene rings is 2. The molecule has 5 heteroatoms. The Balaban J connectivity index is 1.83. The van der Waals surface area contributed by atoms with Gasteiger partial charge in [0, 0.05) is 17.9 Å². The molecule has 2 aromatic rings. The van der Waals surface area contributed by atoms with Crippen LogP contribution in [-0.2, 0) is 25.9 Å². The van der Waals surface area contributed by atoms with Gasteiger partial charge in [0.05, 0.1) is 6.61 Å². The normalized spacial score (nSPS) is 20.9. The van der Waals surface area contributed by atoms with Crippen molar-refractivity contribution in [3.05, 3.63) is 46.0 Å². The molecule has 0 saturated carbocycles. The van der Waals surface area contributed by atoms with E-state index < -0.39 is 0 Å². The van der Waals surface area contributed by atoms with Crippen LogP contribution >= 0.6 is 0 Å². The first kappa shape index (κ1) is 15.1. The van der Waals surface area contributed by atoms with Crippen molar-refractivity contribution in [2.24, 2.45) is 0 Å². The maximum Gasteiger partial charge on any atom is 0.200 e. The molecule has 1 heterocycles. The van der Waals surface area contributed by atoms with Gasteiger partial charge in [-0.05, 0) is 41.2 Å². The largest absolute Gasteiger partial charge is 0.507 e. The summed E-state index contributed by atoms with van der Waals surface area (Å²) in [7, 11) is 0. The van der Waals surface area contributed by atoms with Crippen LogP contribution in [0.5, 0.6) is 23.0 Å². The summed E-state index contributed by atoms with van der Waals surface area (Å²) in [5.41, 5.74) is 4.29. The quantitative estimate of drug-likeness (QED) is 0.636. The number of rotatable bonds is 2. The third-order valence-electron chi connectivity index (χ3n) is 5.29. The summed E-state index contributed by atoms with van der Waals surface area (Å²) >= 11 is 0. The average Bonchev–Trinajstić information content (AvgIpc) is 2.93. The lowest BCUT2D eigenvalue weighted by Gasteiger charge is -2.30. The Morgan fingerprint density at radius 1 is 1.08 bits per heavy atom. The van der Waals surface area contributed by atoms with Crippen molar-refractivity contribution in [2.75, 3.05) is 0 Å². The Hall–Kier alpha value is -2.40. The Morgan fingerprint density at radius 2 is 1.88 bits per heavy atom. The van der Waals surface area contributed by atoms with E-state index in [0.717, 1.165) is 22.3 Å². The van der Waals surface area contributed by atoms with Crippen LogP contribution in [-0.4, -0.2) is 26.5 Å². The minimum Gasteiger partial charge on any atom is -0.507 e. The van der Waals surface area contributed by atoms with Gasteiger partial charge in [-0.1, -0.05) is 19.1 Å². The fourth-order valence-corrected chi connectivity index (χ4v) is 4.12. The van der Waals surface area contributed by atoms with Crippen LogP contribution in [0.4, 0.5) is 0 Å². The van der Waals surface area contributed by atoms with Gasteiger partial charge in [0.1, 0.15) is 11.9 Å². The van der Waals surface area contributed by atoms with Crippen molar-refractivity contribution in [1.29, 1.82) is 0 Å². The first-order valence-electron chi connectivity index (χ1n) is 8.22. The number of ether oxygens (including phenoxy) is 1. The Labute approximate surface area is 139 Å². The van der Waals surface area contributed by atoms with Crippen molar-refractivity contribution >= 4 is 0 Å². The highest BCUT2D eigenvalue weighted by Gasteiger charge is 2.41. The summed E-state index contributed by atoms with van der Waals surface area (Å²) in [5.74, 6) is 0.134. The lowest BCUT2D eigenvalue weighted by atomic mass is 9.86. The summed E-state index contributed by atoms with van der Waals surface area (Å²) in [4.78, 5) is 0. The number of aryl methyl sites for hydroxylation is 1. The Morgan fingerprint density at radius 3 is 2.58 bits per heavy atom. The van der Waals surface area contributed by atoms with Gasteiger partial charge in [0.2, 0.25) is 5.75 Å². The Bertz CT molecular complexity index is 827. The number of aliphatic hydroxyl groups is 1. The van der Waals surface area contributed by atoms with E-state index in [-0.39, 0.29) is 35.9 Å². The number of hydrogen-bond donors (Lipinski definition) is 4. The molecule has 0 radical (unpaired) electrons. The Kier molecular flexibility index (Phi) is 3.35. The highest BCUT2D eigenvalue weighted by molar-refractivity contribution is 5.59. The molecule has 24 heavy (non-hydrogen) atoms. The highest BCUT2D eigenvalue weighted by Crippen LogP contribution is 2.51. The summed E-state index contributed by atoms with van der Waals surface area (Å²) in [6, 6.07) is 5.20. The zero-order valence-corrected chi connectivity index (χ0v) is 13.4. The minimum absolute atomic E-state index is 0.0235. The number of fused-ring (bicyclic) bond motifs is 4. The van der Waals surface area contributed by atoms with Crippen molar-refractivity contribution in [1.82, 2.24) is 0 Å². The van der Waals surface area contributed by atoms with E-state index in [4.69, 9.17) is 4.74 Å². The second-order valence-corrected chi connectivity index (χ2v) is 6.54. The van der Waals surface area contributed by atoms with E-state index in [9.17, 15) is 20.4 Å². The molecular weight excluding hydrogens is 308 g/mol. The second kappa shape index (κ2) is 5.31. The zero-order chi connectivity index (χ0) is 17.0. The van der Waals surface area contributed by atoms with Gasteiger partial charge in [-0.2, -0.15) is 0 Å². The predicted molar refractivity (Wildman–Crippen MR) is 87.7 cm³/mol. The number of aromatic hydroxyl groups is 3. The third-order valence-corrected chi connectivity index (χ3v) is 5.29.